The van der Waals surface area contributed by atoms with Gasteiger partial charge in [0, 0.05) is 6.20 Å². The number of hydrogen-bond donors (Lipinski definition) is 3. The third kappa shape index (κ3) is 2.15. The van der Waals surface area contributed by atoms with Crippen LogP contribution in [0, 0.1) is 5.92 Å². The minimum atomic E-state index is -0.977. The number of aromatic nitrogens is 2. The molecule has 15 heavy (non-hydrogen) atoms. The maximum absolute atomic E-state index is 11.5. The fourth-order valence-corrected chi connectivity index (χ4v) is 1.41. The summed E-state index contributed by atoms with van der Waals surface area (Å²) in [5.74, 6) is -1.30. The molecule has 0 radical (unpaired) electrons. The van der Waals surface area contributed by atoms with E-state index in [-0.39, 0.29) is 5.92 Å². The highest BCUT2D eigenvalue weighted by atomic mass is 16.4. The number of carboxylic acid groups (broad SMARTS) is 1. The third-order valence-electron chi connectivity index (χ3n) is 2.41. The summed E-state index contributed by atoms with van der Waals surface area (Å²) in [6, 6.07) is -0.771. The topological polar surface area (TPSA) is 95.1 Å². The van der Waals surface area contributed by atoms with Crippen molar-refractivity contribution in [1.82, 2.24) is 15.5 Å². The fraction of sp³-hybridized carbons (Fsp3) is 0.444. The molecule has 1 unspecified atom stereocenters. The van der Waals surface area contributed by atoms with Crippen LogP contribution in [0.2, 0.25) is 0 Å². The Morgan fingerprint density at radius 1 is 1.60 bits per heavy atom. The predicted octanol–water partition coefficient (Wildman–Crippen LogP) is 0.00270. The molecule has 1 aliphatic rings. The Balaban J connectivity index is 2.00. The summed E-state index contributed by atoms with van der Waals surface area (Å²) >= 11 is 0. The molecule has 0 saturated heterocycles. The number of rotatable bonds is 4. The summed E-state index contributed by atoms with van der Waals surface area (Å²) in [7, 11) is 0. The van der Waals surface area contributed by atoms with E-state index in [0.717, 1.165) is 12.8 Å². The number of aliphatic carboxylic acids is 1. The Morgan fingerprint density at radius 3 is 2.80 bits per heavy atom. The summed E-state index contributed by atoms with van der Waals surface area (Å²) in [4.78, 5) is 22.4. The van der Waals surface area contributed by atoms with Crippen LogP contribution in [0.1, 0.15) is 23.2 Å². The molecule has 0 aliphatic heterocycles. The summed E-state index contributed by atoms with van der Waals surface area (Å²) in [5.41, 5.74) is 0.349. The molecule has 0 bridgehead atoms. The molecule has 3 N–H and O–H groups in total. The van der Waals surface area contributed by atoms with E-state index in [1.165, 1.54) is 12.4 Å². The van der Waals surface area contributed by atoms with Gasteiger partial charge in [0.05, 0.1) is 11.8 Å². The van der Waals surface area contributed by atoms with Gasteiger partial charge in [0.25, 0.3) is 5.91 Å². The lowest BCUT2D eigenvalue weighted by Gasteiger charge is -2.12. The quantitative estimate of drug-likeness (QED) is 0.650. The largest absolute Gasteiger partial charge is 0.480 e. The molecule has 1 aliphatic carbocycles. The van der Waals surface area contributed by atoms with E-state index in [4.69, 9.17) is 5.11 Å². The van der Waals surface area contributed by atoms with E-state index >= 15 is 0 Å². The minimum Gasteiger partial charge on any atom is -0.480 e. The maximum atomic E-state index is 11.5. The molecule has 0 spiro atoms. The summed E-state index contributed by atoms with van der Waals surface area (Å²) in [6.45, 7) is 0. The second-order valence-electron chi connectivity index (χ2n) is 3.61. The van der Waals surface area contributed by atoms with Gasteiger partial charge in [-0.2, -0.15) is 5.10 Å². The van der Waals surface area contributed by atoms with Crippen LogP contribution in [0.15, 0.2) is 12.4 Å². The van der Waals surface area contributed by atoms with Gasteiger partial charge in [0.1, 0.15) is 6.04 Å². The van der Waals surface area contributed by atoms with Crippen LogP contribution in [0.3, 0.4) is 0 Å². The first-order valence-corrected chi connectivity index (χ1v) is 4.71. The normalized spacial score (nSPS) is 17.1. The van der Waals surface area contributed by atoms with E-state index in [2.05, 4.69) is 15.5 Å². The zero-order valence-electron chi connectivity index (χ0n) is 7.93. The molecule has 1 heterocycles. The lowest BCUT2D eigenvalue weighted by molar-refractivity contribution is -0.139. The van der Waals surface area contributed by atoms with Crippen molar-refractivity contribution >= 4 is 11.9 Å². The maximum Gasteiger partial charge on any atom is 0.326 e. The molecular weight excluding hydrogens is 198 g/mol. The van der Waals surface area contributed by atoms with Crippen molar-refractivity contribution in [2.75, 3.05) is 0 Å². The molecule has 2 rings (SSSR count). The van der Waals surface area contributed by atoms with Crippen molar-refractivity contribution in [2.24, 2.45) is 5.92 Å². The van der Waals surface area contributed by atoms with Gasteiger partial charge in [0.2, 0.25) is 0 Å². The first-order valence-electron chi connectivity index (χ1n) is 4.71. The highest BCUT2D eigenvalue weighted by Gasteiger charge is 2.37. The number of hydrogen-bond acceptors (Lipinski definition) is 3. The van der Waals surface area contributed by atoms with Crippen molar-refractivity contribution in [1.29, 1.82) is 0 Å². The molecule has 1 fully saturated rings. The van der Waals surface area contributed by atoms with Crippen LogP contribution in [-0.4, -0.2) is 33.2 Å². The van der Waals surface area contributed by atoms with Gasteiger partial charge in [-0.1, -0.05) is 0 Å². The van der Waals surface area contributed by atoms with Gasteiger partial charge in [-0.3, -0.25) is 9.89 Å². The average Bonchev–Trinajstić information content (AvgIpc) is 2.87. The van der Waals surface area contributed by atoms with Crippen molar-refractivity contribution in [3.8, 4) is 0 Å². The molecular formula is C9H11N3O3. The highest BCUT2D eigenvalue weighted by molar-refractivity contribution is 5.96. The van der Waals surface area contributed by atoms with E-state index in [9.17, 15) is 9.59 Å². The lowest BCUT2D eigenvalue weighted by atomic mass is 10.2. The number of carbonyl (C=O) groups excluding carboxylic acids is 1. The smallest absolute Gasteiger partial charge is 0.326 e. The van der Waals surface area contributed by atoms with E-state index < -0.39 is 17.9 Å². The molecule has 1 atom stereocenters. The van der Waals surface area contributed by atoms with E-state index in [1.54, 1.807) is 0 Å². The standard InChI is InChI=1S/C9H11N3O3/c13-8(6-3-10-11-4-6)12-7(9(14)15)5-1-2-5/h3-5,7H,1-2H2,(H,10,11)(H,12,13)(H,14,15). The SMILES string of the molecule is O=C(NC(C(=O)O)C1CC1)c1cn[nH]c1. The van der Waals surface area contributed by atoms with Crippen LogP contribution in [0.4, 0.5) is 0 Å². The highest BCUT2D eigenvalue weighted by Crippen LogP contribution is 2.32. The Labute approximate surface area is 85.7 Å². The lowest BCUT2D eigenvalue weighted by Crippen LogP contribution is -2.42. The molecule has 1 aromatic rings. The predicted molar refractivity (Wildman–Crippen MR) is 50.2 cm³/mol. The first kappa shape index (κ1) is 9.70. The summed E-state index contributed by atoms with van der Waals surface area (Å²) in [6.07, 6.45) is 4.52. The number of carbonyl (C=O) groups is 2. The average molecular weight is 209 g/mol. The number of nitrogens with one attached hydrogen (secondary N) is 2. The number of nitrogens with zero attached hydrogens (tertiary/aromatic N) is 1. The molecule has 1 aromatic heterocycles. The van der Waals surface area contributed by atoms with E-state index in [1.807, 2.05) is 0 Å². The Kier molecular flexibility index (Phi) is 2.40. The Hall–Kier alpha value is -1.85. The van der Waals surface area contributed by atoms with Crippen molar-refractivity contribution in [3.05, 3.63) is 18.0 Å². The van der Waals surface area contributed by atoms with Crippen LogP contribution in [-0.2, 0) is 4.79 Å². The molecule has 1 amide bonds. The van der Waals surface area contributed by atoms with Gasteiger partial charge < -0.3 is 10.4 Å². The second-order valence-corrected chi connectivity index (χ2v) is 3.61. The minimum absolute atomic E-state index is 0.0818. The number of amides is 1. The van der Waals surface area contributed by atoms with Crippen LogP contribution >= 0.6 is 0 Å². The number of H-pyrrole nitrogens is 1. The molecule has 6 nitrogen and oxygen atoms in total. The van der Waals surface area contributed by atoms with Crippen molar-refractivity contribution < 1.29 is 14.7 Å². The summed E-state index contributed by atoms with van der Waals surface area (Å²) < 4.78 is 0. The van der Waals surface area contributed by atoms with Gasteiger partial charge in [-0.05, 0) is 18.8 Å². The Bertz CT molecular complexity index is 370. The fourth-order valence-electron chi connectivity index (χ4n) is 1.41. The Morgan fingerprint density at radius 2 is 2.33 bits per heavy atom. The monoisotopic (exact) mass is 209 g/mol. The number of aromatic amines is 1. The van der Waals surface area contributed by atoms with E-state index in [0.29, 0.717) is 5.56 Å². The van der Waals surface area contributed by atoms with Crippen molar-refractivity contribution in [3.63, 3.8) is 0 Å². The van der Waals surface area contributed by atoms with Gasteiger partial charge in [-0.25, -0.2) is 4.79 Å². The van der Waals surface area contributed by atoms with Gasteiger partial charge in [0.15, 0.2) is 0 Å². The molecule has 80 valence electrons. The zero-order valence-corrected chi connectivity index (χ0v) is 7.93. The van der Waals surface area contributed by atoms with Crippen LogP contribution in [0.25, 0.3) is 0 Å². The number of carboxylic acids is 1. The third-order valence-corrected chi connectivity index (χ3v) is 2.41. The first-order chi connectivity index (χ1) is 7.18. The molecule has 1 saturated carbocycles. The zero-order chi connectivity index (χ0) is 10.8. The van der Waals surface area contributed by atoms with Crippen LogP contribution < -0.4 is 5.32 Å². The molecule has 0 aromatic carbocycles. The van der Waals surface area contributed by atoms with Gasteiger partial charge in [-0.15, -0.1) is 0 Å². The van der Waals surface area contributed by atoms with Crippen LogP contribution in [0.5, 0.6) is 0 Å². The molecule has 6 heteroatoms. The second kappa shape index (κ2) is 3.72. The summed E-state index contributed by atoms with van der Waals surface area (Å²) in [5, 5.41) is 17.5. The van der Waals surface area contributed by atoms with Crippen molar-refractivity contribution in [2.45, 2.75) is 18.9 Å². The van der Waals surface area contributed by atoms with Gasteiger partial charge >= 0.3 is 5.97 Å².